The zero-order valence-electron chi connectivity index (χ0n) is 35.2. The van der Waals surface area contributed by atoms with E-state index >= 15 is 0 Å². The van der Waals surface area contributed by atoms with E-state index in [9.17, 15) is 0 Å². The van der Waals surface area contributed by atoms with Crippen LogP contribution in [0.1, 0.15) is 128 Å². The fourth-order valence-electron chi connectivity index (χ4n) is 13.1. The lowest BCUT2D eigenvalue weighted by atomic mass is 9.33. The maximum absolute atomic E-state index is 2.93. The van der Waals surface area contributed by atoms with Crippen LogP contribution in [0.15, 0.2) is 91.0 Å². The van der Waals surface area contributed by atoms with Gasteiger partial charge in [0.2, 0.25) is 0 Å². The lowest BCUT2D eigenvalue weighted by Gasteiger charge is -2.53. The third-order valence-electron chi connectivity index (χ3n) is 16.6. The Balaban J connectivity index is 1.28. The normalized spacial score (nSPS) is 28.0. The molecule has 0 N–H and O–H groups in total. The molecule has 5 aromatic rings. The molecule has 0 saturated heterocycles. The van der Waals surface area contributed by atoms with E-state index in [1.807, 2.05) is 0 Å². The Labute approximate surface area is 336 Å². The molecule has 0 amide bonds. The van der Waals surface area contributed by atoms with Crippen LogP contribution in [-0.4, -0.2) is 17.8 Å². The van der Waals surface area contributed by atoms with E-state index in [1.165, 1.54) is 130 Å². The summed E-state index contributed by atoms with van der Waals surface area (Å²) < 4.78 is 0. The highest BCUT2D eigenvalue weighted by molar-refractivity contribution is 7.00. The Morgan fingerprint density at radius 2 is 1.16 bits per heavy atom. The first-order chi connectivity index (χ1) is 26.7. The number of rotatable bonds is 2. The molecule has 4 heterocycles. The van der Waals surface area contributed by atoms with Crippen LogP contribution in [0.3, 0.4) is 0 Å². The average Bonchev–Trinajstić information content (AvgIpc) is 3.52. The van der Waals surface area contributed by atoms with Gasteiger partial charge in [-0.3, -0.25) is 0 Å². The van der Waals surface area contributed by atoms with Crippen molar-refractivity contribution < 1.29 is 0 Å². The quantitative estimate of drug-likeness (QED) is 0.164. The zero-order chi connectivity index (χ0) is 38.7. The molecule has 0 bridgehead atoms. The first kappa shape index (κ1) is 34.8. The van der Waals surface area contributed by atoms with Gasteiger partial charge < -0.3 is 14.7 Å². The van der Waals surface area contributed by atoms with E-state index in [0.717, 1.165) is 0 Å². The van der Waals surface area contributed by atoms with Crippen LogP contribution in [0.2, 0.25) is 0 Å². The van der Waals surface area contributed by atoms with Gasteiger partial charge in [0.05, 0.1) is 11.1 Å². The van der Waals surface area contributed by atoms with E-state index in [1.54, 1.807) is 5.56 Å². The number of para-hydroxylation sites is 1. The molecule has 4 aliphatic heterocycles. The highest BCUT2D eigenvalue weighted by Gasteiger charge is 2.62. The van der Waals surface area contributed by atoms with Gasteiger partial charge in [-0.05, 0) is 128 Å². The molecule has 6 aliphatic rings. The Morgan fingerprint density at radius 3 is 1.88 bits per heavy atom. The van der Waals surface area contributed by atoms with Crippen LogP contribution in [0.5, 0.6) is 0 Å². The summed E-state index contributed by atoms with van der Waals surface area (Å²) in [5.74, 6) is 0. The van der Waals surface area contributed by atoms with Crippen LogP contribution in [-0.2, 0) is 16.2 Å². The Hall–Kier alpha value is -4.44. The molecule has 56 heavy (non-hydrogen) atoms. The van der Waals surface area contributed by atoms with Gasteiger partial charge in [0, 0.05) is 50.6 Å². The lowest BCUT2D eigenvalue weighted by molar-refractivity contribution is 0.194. The van der Waals surface area contributed by atoms with Gasteiger partial charge in [0.1, 0.15) is 0 Å². The topological polar surface area (TPSA) is 9.72 Å². The van der Waals surface area contributed by atoms with E-state index < -0.39 is 0 Å². The number of anilines is 7. The van der Waals surface area contributed by atoms with E-state index in [0.29, 0.717) is 0 Å². The van der Waals surface area contributed by atoms with Gasteiger partial charge in [-0.25, -0.2) is 0 Å². The minimum atomic E-state index is -0.0378. The third kappa shape index (κ3) is 4.16. The summed E-state index contributed by atoms with van der Waals surface area (Å²) in [5, 5.41) is 0. The van der Waals surface area contributed by atoms with Crippen LogP contribution in [0.25, 0.3) is 0 Å². The number of benzene rings is 5. The van der Waals surface area contributed by atoms with E-state index in [-0.39, 0.29) is 34.0 Å². The molecule has 3 nitrogen and oxygen atoms in total. The fraction of sp³-hybridized carbons (Fsp3) is 0.423. The second kappa shape index (κ2) is 11.1. The molecule has 4 heteroatoms. The Bertz CT molecular complexity index is 2490. The van der Waals surface area contributed by atoms with Crippen molar-refractivity contribution in [3.63, 3.8) is 0 Å². The second-order valence-corrected chi connectivity index (χ2v) is 20.6. The number of hydrogen-bond donors (Lipinski definition) is 0. The van der Waals surface area contributed by atoms with Gasteiger partial charge in [0.15, 0.2) is 0 Å². The summed E-state index contributed by atoms with van der Waals surface area (Å²) >= 11 is 0. The molecule has 2 aliphatic carbocycles. The summed E-state index contributed by atoms with van der Waals surface area (Å²) in [4.78, 5) is 8.39. The summed E-state index contributed by atoms with van der Waals surface area (Å²) in [7, 11) is 0. The predicted molar refractivity (Wildman–Crippen MR) is 240 cm³/mol. The SMILES string of the molecule is Cc1ccc(N2c3ccc(C)cc3B3c4cc(C(C)(C)C)cc5c4N(c4cc(N6c7ccccc7C7(C)CCCCC67C)cc2c43)C2(C)CCCCC52C)cc1. The van der Waals surface area contributed by atoms with Gasteiger partial charge in [-0.1, -0.05) is 126 Å². The van der Waals surface area contributed by atoms with Crippen molar-refractivity contribution in [1.82, 2.24) is 0 Å². The number of hydrogen-bond acceptors (Lipinski definition) is 3. The monoisotopic (exact) mass is 735 g/mol. The summed E-state index contributed by atoms with van der Waals surface area (Å²) in [6.45, 7) is 22.3. The summed E-state index contributed by atoms with van der Waals surface area (Å²) in [6, 6.07) is 36.6. The van der Waals surface area contributed by atoms with Gasteiger partial charge in [0.25, 0.3) is 6.71 Å². The Morgan fingerprint density at radius 1 is 0.536 bits per heavy atom. The van der Waals surface area contributed by atoms with Crippen LogP contribution < -0.4 is 31.1 Å². The number of nitrogens with zero attached hydrogens (tertiary/aromatic N) is 3. The van der Waals surface area contributed by atoms with Crippen molar-refractivity contribution in [3.05, 3.63) is 119 Å². The Kier molecular flexibility index (Phi) is 6.92. The van der Waals surface area contributed by atoms with Gasteiger partial charge >= 0.3 is 0 Å². The van der Waals surface area contributed by atoms with Crippen molar-refractivity contribution in [2.45, 2.75) is 141 Å². The number of fused-ring (bicyclic) bond motifs is 10. The standard InChI is InChI=1S/C52H58BN3/c1-33-18-21-36(22-19-33)54-43-23-20-34(2)28-40(43)53-41-30-35(48(3,4)5)29-39-47(41)56(52(9)27-15-13-25-50(39,52)7)45-32-37(31-44(54)46(45)53)55-42-17-11-10-16-38(42)49(6)24-12-14-26-51(49,55)8/h10-11,16-23,28-32H,12-15,24-27H2,1-9H3. The molecule has 2 saturated carbocycles. The number of aryl methyl sites for hydroxylation is 2. The smallest absolute Gasteiger partial charge is 0.252 e. The molecule has 4 unspecified atom stereocenters. The zero-order valence-corrected chi connectivity index (χ0v) is 35.2. The van der Waals surface area contributed by atoms with Gasteiger partial charge in [-0.15, -0.1) is 0 Å². The fourth-order valence-corrected chi connectivity index (χ4v) is 13.1. The van der Waals surface area contributed by atoms with Crippen molar-refractivity contribution in [2.24, 2.45) is 0 Å². The maximum Gasteiger partial charge on any atom is 0.252 e. The highest BCUT2D eigenvalue weighted by atomic mass is 15.3. The average molecular weight is 736 g/mol. The molecular weight excluding hydrogens is 677 g/mol. The molecule has 0 radical (unpaired) electrons. The minimum absolute atomic E-state index is 0.0265. The first-order valence-electron chi connectivity index (χ1n) is 21.7. The predicted octanol–water partition coefficient (Wildman–Crippen LogP) is 11.7. The second-order valence-electron chi connectivity index (χ2n) is 20.6. The molecule has 2 fully saturated rings. The molecule has 5 aromatic carbocycles. The lowest BCUT2D eigenvalue weighted by Crippen LogP contribution is -2.64. The minimum Gasteiger partial charge on any atom is -0.335 e. The van der Waals surface area contributed by atoms with Crippen molar-refractivity contribution in [2.75, 3.05) is 14.7 Å². The summed E-state index contributed by atoms with van der Waals surface area (Å²) in [5.41, 5.74) is 21.3. The van der Waals surface area contributed by atoms with Crippen molar-refractivity contribution in [3.8, 4) is 0 Å². The van der Waals surface area contributed by atoms with Crippen molar-refractivity contribution >= 4 is 62.9 Å². The third-order valence-corrected chi connectivity index (χ3v) is 16.6. The largest absolute Gasteiger partial charge is 0.335 e. The molecule has 4 atom stereocenters. The molecule has 284 valence electrons. The summed E-state index contributed by atoms with van der Waals surface area (Å²) in [6.07, 6.45) is 9.99. The van der Waals surface area contributed by atoms with E-state index in [4.69, 9.17) is 0 Å². The molecular formula is C52H58BN3. The van der Waals surface area contributed by atoms with Gasteiger partial charge in [-0.2, -0.15) is 0 Å². The molecule has 11 rings (SSSR count). The van der Waals surface area contributed by atoms with E-state index in [2.05, 4.69) is 168 Å². The van der Waals surface area contributed by atoms with Crippen LogP contribution >= 0.6 is 0 Å². The maximum atomic E-state index is 2.93. The van der Waals surface area contributed by atoms with Crippen LogP contribution in [0.4, 0.5) is 39.8 Å². The molecule has 0 spiro atoms. The van der Waals surface area contributed by atoms with Crippen molar-refractivity contribution in [1.29, 1.82) is 0 Å². The highest BCUT2D eigenvalue weighted by Crippen LogP contribution is 2.65. The first-order valence-corrected chi connectivity index (χ1v) is 21.7. The molecule has 0 aromatic heterocycles. The van der Waals surface area contributed by atoms with Crippen LogP contribution in [0, 0.1) is 13.8 Å².